The maximum absolute atomic E-state index is 12.4. The average molecular weight is 288 g/mol. The van der Waals surface area contributed by atoms with E-state index in [9.17, 15) is 4.79 Å². The molecule has 0 aromatic carbocycles. The Labute approximate surface area is 127 Å². The zero-order valence-electron chi connectivity index (χ0n) is 13.5. The maximum atomic E-state index is 12.4. The van der Waals surface area contributed by atoms with Crippen LogP contribution in [0.15, 0.2) is 23.5 Å². The summed E-state index contributed by atoms with van der Waals surface area (Å²) in [6.07, 6.45) is 10.3. The van der Waals surface area contributed by atoms with E-state index in [1.54, 1.807) is 6.92 Å². The van der Waals surface area contributed by atoms with Crippen molar-refractivity contribution in [2.75, 3.05) is 0 Å². The number of hydrogen-bond acceptors (Lipinski definition) is 3. The van der Waals surface area contributed by atoms with Crippen molar-refractivity contribution in [2.45, 2.75) is 53.2 Å². The Hall–Kier alpha value is -1.69. The molecule has 0 saturated heterocycles. The summed E-state index contributed by atoms with van der Waals surface area (Å²) in [7, 11) is 0. The SMILES string of the molecule is C#CCC1=CCC(C)(OC(=O)C2C(C=C(C)C)C2(C)C)O1. The third kappa shape index (κ3) is 3.15. The standard InChI is InChI=1S/C18H24O3/c1-7-8-13-9-10-18(6,20-13)21-16(19)15-14(11-12(2)3)17(15,4)5/h1,9,11,14-15H,8,10H2,2-6H3. The van der Waals surface area contributed by atoms with Crippen LogP contribution in [0, 0.1) is 29.6 Å². The van der Waals surface area contributed by atoms with Gasteiger partial charge in [0, 0.05) is 13.3 Å². The first-order chi connectivity index (χ1) is 9.69. The Bertz CT molecular complexity index is 543. The van der Waals surface area contributed by atoms with E-state index in [-0.39, 0.29) is 23.2 Å². The number of terminal acetylenes is 1. The van der Waals surface area contributed by atoms with Crippen LogP contribution in [0.3, 0.4) is 0 Å². The van der Waals surface area contributed by atoms with Gasteiger partial charge in [0.05, 0.1) is 12.3 Å². The molecule has 1 saturated carbocycles. The minimum Gasteiger partial charge on any atom is -0.456 e. The number of hydrogen-bond donors (Lipinski definition) is 0. The molecule has 1 fully saturated rings. The predicted octanol–water partition coefficient (Wildman–Crippen LogP) is 3.81. The molecule has 3 heteroatoms. The molecule has 3 nitrogen and oxygen atoms in total. The highest BCUT2D eigenvalue weighted by atomic mass is 16.7. The van der Waals surface area contributed by atoms with Crippen LogP contribution in [0.25, 0.3) is 0 Å². The molecule has 0 radical (unpaired) electrons. The zero-order chi connectivity index (χ0) is 15.8. The van der Waals surface area contributed by atoms with Gasteiger partial charge in [-0.3, -0.25) is 4.79 Å². The molecule has 3 atom stereocenters. The van der Waals surface area contributed by atoms with Crippen LogP contribution >= 0.6 is 0 Å². The number of carbonyl (C=O) groups is 1. The maximum Gasteiger partial charge on any atom is 0.313 e. The van der Waals surface area contributed by atoms with Gasteiger partial charge < -0.3 is 9.47 Å². The van der Waals surface area contributed by atoms with Gasteiger partial charge in [-0.2, -0.15) is 0 Å². The Kier molecular flexibility index (Phi) is 3.93. The number of carbonyl (C=O) groups excluding carboxylic acids is 1. The number of ether oxygens (including phenoxy) is 2. The molecule has 0 aromatic heterocycles. The summed E-state index contributed by atoms with van der Waals surface area (Å²) < 4.78 is 11.3. The van der Waals surface area contributed by atoms with Crippen molar-refractivity contribution in [1.82, 2.24) is 0 Å². The van der Waals surface area contributed by atoms with Crippen molar-refractivity contribution < 1.29 is 14.3 Å². The molecule has 21 heavy (non-hydrogen) atoms. The van der Waals surface area contributed by atoms with E-state index < -0.39 is 5.79 Å². The van der Waals surface area contributed by atoms with E-state index in [2.05, 4.69) is 25.8 Å². The second-order valence-corrected chi connectivity index (χ2v) is 6.98. The lowest BCUT2D eigenvalue weighted by molar-refractivity contribution is -0.203. The minimum atomic E-state index is -0.905. The number of esters is 1. The molecule has 0 amide bonds. The fraction of sp³-hybridized carbons (Fsp3) is 0.611. The largest absolute Gasteiger partial charge is 0.456 e. The fourth-order valence-electron chi connectivity index (χ4n) is 3.01. The van der Waals surface area contributed by atoms with E-state index in [0.717, 1.165) is 0 Å². The van der Waals surface area contributed by atoms with Crippen molar-refractivity contribution >= 4 is 5.97 Å². The lowest BCUT2D eigenvalue weighted by atomic mass is 10.1. The van der Waals surface area contributed by atoms with Crippen LogP contribution in [0.2, 0.25) is 0 Å². The highest BCUT2D eigenvalue weighted by Gasteiger charge is 2.62. The van der Waals surface area contributed by atoms with E-state index in [1.807, 2.05) is 19.9 Å². The topological polar surface area (TPSA) is 35.5 Å². The third-order valence-corrected chi connectivity index (χ3v) is 4.32. The molecule has 2 rings (SSSR count). The zero-order valence-corrected chi connectivity index (χ0v) is 13.5. The van der Waals surface area contributed by atoms with Gasteiger partial charge in [0.15, 0.2) is 0 Å². The smallest absolute Gasteiger partial charge is 0.313 e. The summed E-state index contributed by atoms with van der Waals surface area (Å²) in [6, 6.07) is 0. The summed E-state index contributed by atoms with van der Waals surface area (Å²) in [4.78, 5) is 12.4. The van der Waals surface area contributed by atoms with Gasteiger partial charge in [0.2, 0.25) is 0 Å². The van der Waals surface area contributed by atoms with E-state index in [1.165, 1.54) is 5.57 Å². The van der Waals surface area contributed by atoms with E-state index in [0.29, 0.717) is 18.6 Å². The van der Waals surface area contributed by atoms with Crippen LogP contribution in [0.5, 0.6) is 0 Å². The first-order valence-electron chi connectivity index (χ1n) is 7.39. The minimum absolute atomic E-state index is 0.0433. The van der Waals surface area contributed by atoms with Crippen LogP contribution in [-0.2, 0) is 14.3 Å². The molecule has 1 aliphatic carbocycles. The van der Waals surface area contributed by atoms with Gasteiger partial charge in [-0.05, 0) is 31.3 Å². The first-order valence-corrected chi connectivity index (χ1v) is 7.39. The number of allylic oxidation sites excluding steroid dienone is 3. The van der Waals surface area contributed by atoms with E-state index in [4.69, 9.17) is 15.9 Å². The van der Waals surface area contributed by atoms with Gasteiger partial charge >= 0.3 is 5.97 Å². The van der Waals surface area contributed by atoms with Crippen molar-refractivity contribution in [3.63, 3.8) is 0 Å². The molecular formula is C18H24O3. The molecule has 0 bridgehead atoms. The Balaban J connectivity index is 1.98. The van der Waals surface area contributed by atoms with Gasteiger partial charge in [0.25, 0.3) is 5.79 Å². The lowest BCUT2D eigenvalue weighted by Gasteiger charge is -2.25. The van der Waals surface area contributed by atoms with Crippen molar-refractivity contribution in [3.05, 3.63) is 23.5 Å². The van der Waals surface area contributed by atoms with Gasteiger partial charge in [-0.25, -0.2) is 0 Å². The molecule has 3 unspecified atom stereocenters. The molecule has 2 aliphatic rings. The predicted molar refractivity (Wildman–Crippen MR) is 81.9 cm³/mol. The Morgan fingerprint density at radius 3 is 2.76 bits per heavy atom. The van der Waals surface area contributed by atoms with Gasteiger partial charge in [0.1, 0.15) is 5.76 Å². The summed E-state index contributed by atoms with van der Waals surface area (Å²) in [5.41, 5.74) is 1.18. The molecule has 0 aromatic rings. The van der Waals surface area contributed by atoms with Crippen LogP contribution in [0.1, 0.15) is 47.5 Å². The summed E-state index contributed by atoms with van der Waals surface area (Å²) >= 11 is 0. The second kappa shape index (κ2) is 5.26. The first kappa shape index (κ1) is 15.7. The molecule has 114 valence electrons. The molecule has 1 heterocycles. The molecular weight excluding hydrogens is 264 g/mol. The Morgan fingerprint density at radius 2 is 2.19 bits per heavy atom. The Morgan fingerprint density at radius 1 is 1.52 bits per heavy atom. The van der Waals surface area contributed by atoms with Gasteiger partial charge in [-0.15, -0.1) is 6.42 Å². The highest BCUT2D eigenvalue weighted by Crippen LogP contribution is 2.60. The molecule has 0 N–H and O–H groups in total. The van der Waals surface area contributed by atoms with Crippen molar-refractivity contribution in [2.24, 2.45) is 17.3 Å². The second-order valence-electron chi connectivity index (χ2n) is 6.98. The molecule has 1 aliphatic heterocycles. The van der Waals surface area contributed by atoms with Crippen LogP contribution in [0.4, 0.5) is 0 Å². The lowest BCUT2D eigenvalue weighted by Crippen LogP contribution is -2.32. The fourth-order valence-corrected chi connectivity index (χ4v) is 3.01. The number of rotatable bonds is 4. The van der Waals surface area contributed by atoms with Crippen molar-refractivity contribution in [1.29, 1.82) is 0 Å². The summed E-state index contributed by atoms with van der Waals surface area (Å²) in [5.74, 6) is 2.32. The average Bonchev–Trinajstić information content (AvgIpc) is 2.69. The molecule has 0 spiro atoms. The quantitative estimate of drug-likeness (QED) is 0.448. The van der Waals surface area contributed by atoms with Crippen LogP contribution in [-0.4, -0.2) is 11.8 Å². The summed E-state index contributed by atoms with van der Waals surface area (Å²) in [5, 5.41) is 0. The third-order valence-electron chi connectivity index (χ3n) is 4.32. The van der Waals surface area contributed by atoms with Crippen LogP contribution < -0.4 is 0 Å². The van der Waals surface area contributed by atoms with Gasteiger partial charge in [-0.1, -0.05) is 31.4 Å². The highest BCUT2D eigenvalue weighted by molar-refractivity contribution is 5.78. The van der Waals surface area contributed by atoms with Crippen molar-refractivity contribution in [3.8, 4) is 12.3 Å². The summed E-state index contributed by atoms with van der Waals surface area (Å²) in [6.45, 7) is 10.1. The monoisotopic (exact) mass is 288 g/mol. The normalized spacial score (nSPS) is 32.5. The van der Waals surface area contributed by atoms with E-state index >= 15 is 0 Å².